The standard InChI is InChI=1S/C14H9F3N2O2/c15-14(16,17)12-8-19(7-11(12)13(20)21)6-10-3-1-9(5-18)2-4-10/h1-4,7-8H,6H2,(H,20,21). The average molecular weight is 294 g/mol. The minimum absolute atomic E-state index is 0.0854. The summed E-state index contributed by atoms with van der Waals surface area (Å²) in [5.41, 5.74) is -0.858. The third-order valence-corrected chi connectivity index (χ3v) is 2.86. The molecule has 1 heterocycles. The van der Waals surface area contributed by atoms with Crippen molar-refractivity contribution >= 4 is 5.97 Å². The van der Waals surface area contributed by atoms with Crippen LogP contribution in [0.3, 0.4) is 0 Å². The van der Waals surface area contributed by atoms with E-state index in [0.717, 1.165) is 17.0 Å². The highest BCUT2D eigenvalue weighted by atomic mass is 19.4. The minimum atomic E-state index is -4.72. The Balaban J connectivity index is 2.32. The molecule has 0 aliphatic carbocycles. The van der Waals surface area contributed by atoms with Crippen molar-refractivity contribution in [3.8, 4) is 6.07 Å². The molecule has 1 aromatic carbocycles. The Kier molecular flexibility index (Phi) is 3.72. The molecule has 2 rings (SSSR count). The van der Waals surface area contributed by atoms with Crippen LogP contribution in [0.5, 0.6) is 0 Å². The van der Waals surface area contributed by atoms with Crippen molar-refractivity contribution in [3.05, 3.63) is 58.9 Å². The van der Waals surface area contributed by atoms with Gasteiger partial charge in [-0.1, -0.05) is 12.1 Å². The number of nitriles is 1. The van der Waals surface area contributed by atoms with E-state index in [1.807, 2.05) is 6.07 Å². The second-order valence-corrected chi connectivity index (χ2v) is 4.37. The van der Waals surface area contributed by atoms with Crippen molar-refractivity contribution in [3.63, 3.8) is 0 Å². The van der Waals surface area contributed by atoms with E-state index in [4.69, 9.17) is 10.4 Å². The van der Waals surface area contributed by atoms with Crippen LogP contribution in [-0.2, 0) is 12.7 Å². The maximum Gasteiger partial charge on any atom is 0.418 e. The first-order chi connectivity index (χ1) is 9.81. The number of aromatic nitrogens is 1. The summed E-state index contributed by atoms with van der Waals surface area (Å²) in [6.45, 7) is 0.0854. The number of rotatable bonds is 3. The van der Waals surface area contributed by atoms with Gasteiger partial charge in [0.25, 0.3) is 0 Å². The van der Waals surface area contributed by atoms with Gasteiger partial charge in [-0.25, -0.2) is 4.79 Å². The number of hydrogen-bond acceptors (Lipinski definition) is 2. The molecule has 2 aromatic rings. The molecular formula is C14H9F3N2O2. The zero-order valence-corrected chi connectivity index (χ0v) is 10.6. The van der Waals surface area contributed by atoms with Gasteiger partial charge in [0.15, 0.2) is 0 Å². The van der Waals surface area contributed by atoms with Gasteiger partial charge in [-0.2, -0.15) is 18.4 Å². The molecule has 0 bridgehead atoms. The van der Waals surface area contributed by atoms with Crippen molar-refractivity contribution in [2.75, 3.05) is 0 Å². The molecule has 0 aliphatic heterocycles. The van der Waals surface area contributed by atoms with Crippen molar-refractivity contribution in [2.45, 2.75) is 12.7 Å². The number of benzene rings is 1. The molecule has 0 radical (unpaired) electrons. The molecule has 21 heavy (non-hydrogen) atoms. The van der Waals surface area contributed by atoms with Crippen LogP contribution in [0.1, 0.15) is 27.0 Å². The Morgan fingerprint density at radius 2 is 1.86 bits per heavy atom. The fraction of sp³-hybridized carbons (Fsp3) is 0.143. The van der Waals surface area contributed by atoms with Gasteiger partial charge in [-0.05, 0) is 17.7 Å². The molecule has 0 aliphatic rings. The second kappa shape index (κ2) is 5.32. The predicted octanol–water partition coefficient (Wildman–Crippen LogP) is 3.13. The number of aromatic carboxylic acids is 1. The SMILES string of the molecule is N#Cc1ccc(Cn2cc(C(=O)O)c(C(F)(F)F)c2)cc1. The summed E-state index contributed by atoms with van der Waals surface area (Å²) >= 11 is 0. The van der Waals surface area contributed by atoms with Crippen LogP contribution in [0, 0.1) is 11.3 Å². The Morgan fingerprint density at radius 1 is 1.24 bits per heavy atom. The van der Waals surface area contributed by atoms with E-state index in [1.165, 1.54) is 0 Å². The van der Waals surface area contributed by atoms with E-state index in [-0.39, 0.29) is 6.54 Å². The Morgan fingerprint density at radius 3 is 2.29 bits per heavy atom. The average Bonchev–Trinajstić information content (AvgIpc) is 2.84. The molecule has 0 amide bonds. The maximum absolute atomic E-state index is 12.7. The predicted molar refractivity (Wildman–Crippen MR) is 66.7 cm³/mol. The quantitative estimate of drug-likeness (QED) is 0.945. The van der Waals surface area contributed by atoms with Crippen LogP contribution in [0.2, 0.25) is 0 Å². The molecule has 108 valence electrons. The summed E-state index contributed by atoms with van der Waals surface area (Å²) in [4.78, 5) is 10.9. The van der Waals surface area contributed by atoms with Crippen molar-refractivity contribution in [1.29, 1.82) is 5.26 Å². The fourth-order valence-electron chi connectivity index (χ4n) is 1.89. The molecule has 0 atom stereocenters. The number of halogens is 3. The van der Waals surface area contributed by atoms with E-state index < -0.39 is 23.3 Å². The van der Waals surface area contributed by atoms with E-state index in [1.54, 1.807) is 24.3 Å². The number of carbonyl (C=O) groups is 1. The van der Waals surface area contributed by atoms with Crippen molar-refractivity contribution < 1.29 is 23.1 Å². The summed E-state index contributed by atoms with van der Waals surface area (Å²) in [7, 11) is 0. The van der Waals surface area contributed by atoms with Crippen LogP contribution in [-0.4, -0.2) is 15.6 Å². The maximum atomic E-state index is 12.7. The lowest BCUT2D eigenvalue weighted by atomic mass is 10.1. The molecule has 1 aromatic heterocycles. The molecular weight excluding hydrogens is 285 g/mol. The molecule has 0 saturated carbocycles. The number of carboxylic acids is 1. The number of alkyl halides is 3. The van der Waals surface area contributed by atoms with Gasteiger partial charge in [-0.3, -0.25) is 0 Å². The van der Waals surface area contributed by atoms with Crippen LogP contribution in [0.4, 0.5) is 13.2 Å². The van der Waals surface area contributed by atoms with Gasteiger partial charge in [-0.15, -0.1) is 0 Å². The lowest BCUT2D eigenvalue weighted by Crippen LogP contribution is -2.09. The van der Waals surface area contributed by atoms with Crippen molar-refractivity contribution in [1.82, 2.24) is 4.57 Å². The van der Waals surface area contributed by atoms with E-state index in [0.29, 0.717) is 11.1 Å². The summed E-state index contributed by atoms with van der Waals surface area (Å²) < 4.78 is 39.4. The molecule has 1 N–H and O–H groups in total. The first-order valence-corrected chi connectivity index (χ1v) is 5.80. The third kappa shape index (κ3) is 3.23. The molecule has 4 nitrogen and oxygen atoms in total. The van der Waals surface area contributed by atoms with Crippen molar-refractivity contribution in [2.24, 2.45) is 0 Å². The highest BCUT2D eigenvalue weighted by molar-refractivity contribution is 5.89. The first kappa shape index (κ1) is 14.7. The zero-order chi connectivity index (χ0) is 15.6. The highest BCUT2D eigenvalue weighted by Crippen LogP contribution is 2.32. The van der Waals surface area contributed by atoms with E-state index >= 15 is 0 Å². The summed E-state index contributed by atoms with van der Waals surface area (Å²) in [5, 5.41) is 17.5. The highest BCUT2D eigenvalue weighted by Gasteiger charge is 2.36. The monoisotopic (exact) mass is 294 g/mol. The zero-order valence-electron chi connectivity index (χ0n) is 10.6. The third-order valence-electron chi connectivity index (χ3n) is 2.86. The first-order valence-electron chi connectivity index (χ1n) is 5.80. The number of hydrogen-bond donors (Lipinski definition) is 1. The molecule has 0 saturated heterocycles. The van der Waals surface area contributed by atoms with Crippen LogP contribution >= 0.6 is 0 Å². The largest absolute Gasteiger partial charge is 0.478 e. The molecule has 7 heteroatoms. The van der Waals surface area contributed by atoms with E-state index in [2.05, 4.69) is 0 Å². The van der Waals surface area contributed by atoms with E-state index in [9.17, 15) is 18.0 Å². The van der Waals surface area contributed by atoms with Gasteiger partial charge < -0.3 is 9.67 Å². The lowest BCUT2D eigenvalue weighted by Gasteiger charge is -2.05. The summed E-state index contributed by atoms with van der Waals surface area (Å²) in [6, 6.07) is 8.23. The smallest absolute Gasteiger partial charge is 0.418 e. The number of carboxylic acid groups (broad SMARTS) is 1. The van der Waals surface area contributed by atoms with Crippen LogP contribution < -0.4 is 0 Å². The minimum Gasteiger partial charge on any atom is -0.478 e. The molecule has 0 unspecified atom stereocenters. The normalized spacial score (nSPS) is 11.1. The van der Waals surface area contributed by atoms with Gasteiger partial charge in [0.2, 0.25) is 0 Å². The van der Waals surface area contributed by atoms with Gasteiger partial charge in [0.05, 0.1) is 22.8 Å². The lowest BCUT2D eigenvalue weighted by molar-refractivity contribution is -0.138. The Hall–Kier alpha value is -2.75. The second-order valence-electron chi connectivity index (χ2n) is 4.37. The Bertz CT molecular complexity index is 709. The number of nitrogens with zero attached hydrogens (tertiary/aromatic N) is 2. The Labute approximate surface area is 117 Å². The van der Waals surface area contributed by atoms with Gasteiger partial charge >= 0.3 is 12.1 Å². The van der Waals surface area contributed by atoms with Gasteiger partial charge in [0.1, 0.15) is 0 Å². The fourth-order valence-corrected chi connectivity index (χ4v) is 1.89. The molecule has 0 spiro atoms. The molecule has 0 fully saturated rings. The van der Waals surface area contributed by atoms with Gasteiger partial charge in [0, 0.05) is 18.9 Å². The summed E-state index contributed by atoms with van der Waals surface area (Å²) in [5.74, 6) is -1.62. The summed E-state index contributed by atoms with van der Waals surface area (Å²) in [6.07, 6.45) is -3.01. The van der Waals surface area contributed by atoms with Crippen LogP contribution in [0.25, 0.3) is 0 Å². The topological polar surface area (TPSA) is 66.0 Å². The van der Waals surface area contributed by atoms with Crippen LogP contribution in [0.15, 0.2) is 36.7 Å².